The number of sulfonamides is 1. The topological polar surface area (TPSA) is 83.5 Å². The molecule has 104 valence electrons. The van der Waals surface area contributed by atoms with E-state index in [4.69, 9.17) is 5.11 Å². The fraction of sp³-hybridized carbons (Fsp3) is 0.417. The van der Waals surface area contributed by atoms with Crippen LogP contribution in [0, 0.1) is 0 Å². The molecule has 2 N–H and O–H groups in total. The quantitative estimate of drug-likeness (QED) is 0.854. The maximum absolute atomic E-state index is 12.2. The molecule has 1 saturated carbocycles. The highest BCUT2D eigenvalue weighted by Crippen LogP contribution is 2.36. The van der Waals surface area contributed by atoms with E-state index in [-0.39, 0.29) is 11.3 Å². The molecule has 7 heteroatoms. The zero-order valence-corrected chi connectivity index (χ0v) is 12.5. The molecule has 19 heavy (non-hydrogen) atoms. The fourth-order valence-electron chi connectivity index (χ4n) is 2.19. The van der Waals surface area contributed by atoms with Gasteiger partial charge in [-0.25, -0.2) is 13.1 Å². The Morgan fingerprint density at radius 3 is 2.58 bits per heavy atom. The van der Waals surface area contributed by atoms with Crippen molar-refractivity contribution in [1.82, 2.24) is 4.72 Å². The summed E-state index contributed by atoms with van der Waals surface area (Å²) in [5.74, 6) is -0.989. The second kappa shape index (κ2) is 5.22. The maximum atomic E-state index is 12.2. The summed E-state index contributed by atoms with van der Waals surface area (Å²) >= 11 is 3.22. The third-order valence-corrected chi connectivity index (χ3v) is 5.33. The Morgan fingerprint density at radius 2 is 2.11 bits per heavy atom. The Balaban J connectivity index is 2.23. The zero-order valence-electron chi connectivity index (χ0n) is 10.1. The number of rotatable bonds is 5. The van der Waals surface area contributed by atoms with Crippen molar-refractivity contribution in [2.45, 2.75) is 36.1 Å². The molecular weight excluding hydrogens is 334 g/mol. The van der Waals surface area contributed by atoms with Crippen molar-refractivity contribution in [2.24, 2.45) is 0 Å². The van der Waals surface area contributed by atoms with E-state index < -0.39 is 21.5 Å². The van der Waals surface area contributed by atoms with Crippen molar-refractivity contribution < 1.29 is 18.3 Å². The zero-order chi connectivity index (χ0) is 14.1. The molecule has 0 bridgehead atoms. The minimum Gasteiger partial charge on any atom is -0.481 e. The summed E-state index contributed by atoms with van der Waals surface area (Å²) in [4.78, 5) is 11.0. The van der Waals surface area contributed by atoms with Gasteiger partial charge in [-0.15, -0.1) is 0 Å². The van der Waals surface area contributed by atoms with Gasteiger partial charge in [-0.1, -0.05) is 22.0 Å². The van der Waals surface area contributed by atoms with E-state index in [1.165, 1.54) is 12.1 Å². The normalized spacial score (nSPS) is 17.7. The number of hydrogen-bond acceptors (Lipinski definition) is 3. The molecule has 1 aliphatic rings. The smallest absolute Gasteiger partial charge is 0.305 e. The predicted molar refractivity (Wildman–Crippen MR) is 73.3 cm³/mol. The van der Waals surface area contributed by atoms with E-state index in [1.54, 1.807) is 12.1 Å². The molecule has 2 rings (SSSR count). The van der Waals surface area contributed by atoms with Crippen LogP contribution in [0.5, 0.6) is 0 Å². The predicted octanol–water partition coefficient (Wildman–Crippen LogP) is 2.12. The van der Waals surface area contributed by atoms with Crippen molar-refractivity contribution in [2.75, 3.05) is 0 Å². The summed E-state index contributed by atoms with van der Waals surface area (Å²) in [7, 11) is -3.69. The first-order valence-electron chi connectivity index (χ1n) is 5.84. The number of carbonyl (C=O) groups is 1. The van der Waals surface area contributed by atoms with Crippen LogP contribution in [0.1, 0.15) is 25.7 Å². The van der Waals surface area contributed by atoms with E-state index in [1.807, 2.05) is 0 Å². The van der Waals surface area contributed by atoms with Gasteiger partial charge < -0.3 is 5.11 Å². The lowest BCUT2D eigenvalue weighted by Crippen LogP contribution is -2.54. The Bertz CT molecular complexity index is 596. The lowest BCUT2D eigenvalue weighted by molar-refractivity contribution is -0.139. The second-order valence-electron chi connectivity index (χ2n) is 4.77. The highest BCUT2D eigenvalue weighted by Gasteiger charge is 2.42. The Morgan fingerprint density at radius 1 is 1.42 bits per heavy atom. The average molecular weight is 348 g/mol. The third-order valence-electron chi connectivity index (χ3n) is 3.26. The van der Waals surface area contributed by atoms with E-state index >= 15 is 0 Å². The van der Waals surface area contributed by atoms with Gasteiger partial charge in [-0.3, -0.25) is 4.79 Å². The van der Waals surface area contributed by atoms with E-state index in [2.05, 4.69) is 20.7 Å². The number of carboxylic acids is 1. The van der Waals surface area contributed by atoms with Crippen LogP contribution in [0.3, 0.4) is 0 Å². The molecule has 0 heterocycles. The third kappa shape index (κ3) is 3.34. The lowest BCUT2D eigenvalue weighted by atomic mass is 9.75. The van der Waals surface area contributed by atoms with Crippen LogP contribution in [-0.4, -0.2) is 25.0 Å². The van der Waals surface area contributed by atoms with Crippen molar-refractivity contribution in [3.8, 4) is 0 Å². The van der Waals surface area contributed by atoms with Gasteiger partial charge in [0.05, 0.1) is 11.3 Å². The molecule has 0 saturated heterocycles. The minimum atomic E-state index is -3.69. The molecule has 0 unspecified atom stereocenters. The lowest BCUT2D eigenvalue weighted by Gasteiger charge is -2.40. The number of halogens is 1. The highest BCUT2D eigenvalue weighted by molar-refractivity contribution is 9.10. The molecule has 1 aliphatic carbocycles. The van der Waals surface area contributed by atoms with Crippen LogP contribution in [-0.2, 0) is 14.8 Å². The maximum Gasteiger partial charge on any atom is 0.305 e. The molecule has 0 amide bonds. The summed E-state index contributed by atoms with van der Waals surface area (Å²) in [6.45, 7) is 0. The first-order chi connectivity index (χ1) is 8.83. The van der Waals surface area contributed by atoms with Gasteiger partial charge in [0, 0.05) is 10.0 Å². The molecule has 1 aromatic carbocycles. The van der Waals surface area contributed by atoms with Gasteiger partial charge in [-0.2, -0.15) is 0 Å². The molecule has 5 nitrogen and oxygen atoms in total. The monoisotopic (exact) mass is 347 g/mol. The van der Waals surface area contributed by atoms with Crippen molar-refractivity contribution >= 4 is 31.9 Å². The number of aliphatic carboxylic acids is 1. The number of benzene rings is 1. The Kier molecular flexibility index (Phi) is 3.98. The van der Waals surface area contributed by atoms with Gasteiger partial charge in [0.25, 0.3) is 0 Å². The second-order valence-corrected chi connectivity index (χ2v) is 7.37. The van der Waals surface area contributed by atoms with E-state index in [9.17, 15) is 13.2 Å². The van der Waals surface area contributed by atoms with Crippen molar-refractivity contribution in [3.05, 3.63) is 28.7 Å². The molecule has 0 spiro atoms. The van der Waals surface area contributed by atoms with Crippen molar-refractivity contribution in [3.63, 3.8) is 0 Å². The van der Waals surface area contributed by atoms with Gasteiger partial charge in [0.1, 0.15) is 0 Å². The SMILES string of the molecule is O=C(O)CC1(NS(=O)(=O)c2cccc(Br)c2)CCC1. The number of hydrogen-bond donors (Lipinski definition) is 2. The summed E-state index contributed by atoms with van der Waals surface area (Å²) < 4.78 is 27.7. The van der Waals surface area contributed by atoms with E-state index in [0.717, 1.165) is 6.42 Å². The van der Waals surface area contributed by atoms with E-state index in [0.29, 0.717) is 17.3 Å². The van der Waals surface area contributed by atoms with Crippen molar-refractivity contribution in [1.29, 1.82) is 0 Å². The standard InChI is InChI=1S/C12H14BrNO4S/c13-9-3-1-4-10(7-9)19(17,18)14-12(5-2-6-12)8-11(15)16/h1,3-4,7,14H,2,5-6,8H2,(H,15,16). The summed E-state index contributed by atoms with van der Waals surface area (Å²) in [6.07, 6.45) is 1.79. The Hall–Kier alpha value is -0.920. The van der Waals surface area contributed by atoms with Crippen LogP contribution in [0.4, 0.5) is 0 Å². The van der Waals surface area contributed by atoms with Gasteiger partial charge in [-0.05, 0) is 37.5 Å². The number of nitrogens with one attached hydrogen (secondary N) is 1. The van der Waals surface area contributed by atoms with Crippen LogP contribution in [0.15, 0.2) is 33.6 Å². The molecule has 1 aromatic rings. The molecule has 0 aliphatic heterocycles. The highest BCUT2D eigenvalue weighted by atomic mass is 79.9. The summed E-state index contributed by atoms with van der Waals surface area (Å²) in [6, 6.07) is 6.34. The van der Waals surface area contributed by atoms with Crippen LogP contribution < -0.4 is 4.72 Å². The molecule has 1 fully saturated rings. The van der Waals surface area contributed by atoms with Crippen LogP contribution in [0.25, 0.3) is 0 Å². The van der Waals surface area contributed by atoms with Gasteiger partial charge in [0.2, 0.25) is 10.0 Å². The van der Waals surface area contributed by atoms with Crippen LogP contribution in [0.2, 0.25) is 0 Å². The average Bonchev–Trinajstić information content (AvgIpc) is 2.25. The van der Waals surface area contributed by atoms with Gasteiger partial charge in [0.15, 0.2) is 0 Å². The fourth-order valence-corrected chi connectivity index (χ4v) is 4.24. The molecular formula is C12H14BrNO4S. The Labute approximate surface area is 120 Å². The minimum absolute atomic E-state index is 0.138. The first-order valence-corrected chi connectivity index (χ1v) is 8.12. The molecule has 0 radical (unpaired) electrons. The largest absolute Gasteiger partial charge is 0.481 e. The first kappa shape index (κ1) is 14.5. The van der Waals surface area contributed by atoms with Gasteiger partial charge >= 0.3 is 5.97 Å². The summed E-state index contributed by atoms with van der Waals surface area (Å²) in [5, 5.41) is 8.88. The molecule has 0 aromatic heterocycles. The molecule has 0 atom stereocenters. The summed E-state index contributed by atoms with van der Waals surface area (Å²) in [5.41, 5.74) is -0.826. The van der Waals surface area contributed by atoms with Crippen LogP contribution >= 0.6 is 15.9 Å². The number of carboxylic acid groups (broad SMARTS) is 1.